The van der Waals surface area contributed by atoms with E-state index in [2.05, 4.69) is 34.4 Å². The van der Waals surface area contributed by atoms with E-state index in [1.54, 1.807) is 6.92 Å². The Morgan fingerprint density at radius 3 is 2.26 bits per heavy atom. The van der Waals surface area contributed by atoms with Crippen molar-refractivity contribution in [1.29, 1.82) is 0 Å². The van der Waals surface area contributed by atoms with E-state index in [0.717, 1.165) is 37.5 Å². The van der Waals surface area contributed by atoms with Gasteiger partial charge in [-0.1, -0.05) is 17.9 Å². The van der Waals surface area contributed by atoms with E-state index in [-0.39, 0.29) is 0 Å². The third-order valence-electron chi connectivity index (χ3n) is 4.60. The lowest BCUT2D eigenvalue weighted by Gasteiger charge is -2.13. The Bertz CT molecular complexity index is 1030. The van der Waals surface area contributed by atoms with Crippen LogP contribution in [0.5, 0.6) is 17.2 Å². The minimum atomic E-state index is -0.961. The van der Waals surface area contributed by atoms with Crippen LogP contribution in [0.15, 0.2) is 48.0 Å². The number of rotatable bonds is 12. The number of allylic oxidation sites excluding steroid dienone is 1. The fourth-order valence-electron chi connectivity index (χ4n) is 3.04. The van der Waals surface area contributed by atoms with Crippen LogP contribution in [0.1, 0.15) is 38.8 Å². The smallest absolute Gasteiger partial charge is 0.333 e. The Morgan fingerprint density at radius 1 is 1.03 bits per heavy atom. The summed E-state index contributed by atoms with van der Waals surface area (Å²) in [7, 11) is 0. The molecule has 0 saturated heterocycles. The molecule has 0 saturated carbocycles. The van der Waals surface area contributed by atoms with Gasteiger partial charge in [0.15, 0.2) is 6.10 Å². The van der Waals surface area contributed by atoms with E-state index in [4.69, 9.17) is 18.9 Å². The van der Waals surface area contributed by atoms with Gasteiger partial charge in [-0.3, -0.25) is 0 Å². The van der Waals surface area contributed by atoms with Crippen LogP contribution >= 0.6 is 22.6 Å². The predicted molar refractivity (Wildman–Crippen MR) is 141 cm³/mol. The Labute approximate surface area is 215 Å². The van der Waals surface area contributed by atoms with Gasteiger partial charge in [0.05, 0.1) is 16.8 Å². The van der Waals surface area contributed by atoms with Gasteiger partial charge in [0.2, 0.25) is 0 Å². The zero-order valence-corrected chi connectivity index (χ0v) is 22.2. The molecule has 1 atom stereocenters. The number of hydrogen-bond acceptors (Lipinski definition) is 5. The number of carboxylic acids is 1. The summed E-state index contributed by atoms with van der Waals surface area (Å²) in [5, 5.41) is 9.27. The van der Waals surface area contributed by atoms with Crippen molar-refractivity contribution < 1.29 is 28.8 Å². The molecule has 2 aromatic rings. The molecule has 6 nitrogen and oxygen atoms in total. The van der Waals surface area contributed by atoms with Gasteiger partial charge < -0.3 is 24.1 Å². The van der Waals surface area contributed by atoms with Gasteiger partial charge in [-0.25, -0.2) is 4.79 Å². The van der Waals surface area contributed by atoms with Crippen molar-refractivity contribution in [3.63, 3.8) is 0 Å². The van der Waals surface area contributed by atoms with Crippen LogP contribution in [0.2, 0.25) is 0 Å². The minimum Gasteiger partial charge on any atom is -0.494 e. The van der Waals surface area contributed by atoms with Crippen LogP contribution in [0, 0.1) is 15.4 Å². The van der Waals surface area contributed by atoms with Crippen LogP contribution in [0.3, 0.4) is 0 Å². The molecule has 0 amide bonds. The lowest BCUT2D eigenvalue weighted by atomic mass is 10.1. The van der Waals surface area contributed by atoms with E-state index in [1.165, 1.54) is 0 Å². The highest BCUT2D eigenvalue weighted by molar-refractivity contribution is 14.1. The van der Waals surface area contributed by atoms with Gasteiger partial charge in [-0.05, 0) is 91.8 Å². The van der Waals surface area contributed by atoms with Crippen molar-refractivity contribution in [2.24, 2.45) is 0 Å². The van der Waals surface area contributed by atoms with Crippen molar-refractivity contribution in [2.75, 3.05) is 26.4 Å². The number of benzene rings is 2. The molecule has 1 N–H and O–H groups in total. The molecule has 0 aromatic heterocycles. The predicted octanol–water partition coefficient (Wildman–Crippen LogP) is 5.50. The molecule has 0 aliphatic carbocycles. The first-order valence-corrected chi connectivity index (χ1v) is 12.3. The summed E-state index contributed by atoms with van der Waals surface area (Å²) in [6.45, 7) is 9.47. The van der Waals surface area contributed by atoms with Crippen molar-refractivity contribution in [1.82, 2.24) is 0 Å². The van der Waals surface area contributed by atoms with Crippen LogP contribution < -0.4 is 14.2 Å². The maximum Gasteiger partial charge on any atom is 0.333 e. The molecule has 0 bridgehead atoms. The van der Waals surface area contributed by atoms with Gasteiger partial charge in [0, 0.05) is 24.7 Å². The summed E-state index contributed by atoms with van der Waals surface area (Å²) in [5.74, 6) is 7.53. The van der Waals surface area contributed by atoms with Crippen molar-refractivity contribution in [2.45, 2.75) is 40.2 Å². The Hall–Kier alpha value is -2.70. The maximum absolute atomic E-state index is 11.3. The monoisotopic (exact) mass is 578 g/mol. The molecule has 1 unspecified atom stereocenters. The number of carboxylic acid groups (broad SMARTS) is 1. The van der Waals surface area contributed by atoms with E-state index < -0.39 is 12.1 Å². The molecule has 2 aromatic carbocycles. The zero-order valence-electron chi connectivity index (χ0n) is 20.0. The lowest BCUT2D eigenvalue weighted by molar-refractivity contribution is -0.149. The molecule has 0 heterocycles. The van der Waals surface area contributed by atoms with E-state index in [1.807, 2.05) is 63.2 Å². The quantitative estimate of drug-likeness (QED) is 0.265. The zero-order chi connectivity index (χ0) is 24.9. The highest BCUT2D eigenvalue weighted by Gasteiger charge is 2.18. The summed E-state index contributed by atoms with van der Waals surface area (Å²) < 4.78 is 23.3. The molecule has 0 aliphatic heterocycles. The molecule has 2 rings (SSSR count). The third-order valence-corrected chi connectivity index (χ3v) is 5.44. The lowest BCUT2D eigenvalue weighted by Crippen LogP contribution is -2.26. The van der Waals surface area contributed by atoms with Crippen molar-refractivity contribution in [3.8, 4) is 29.1 Å². The van der Waals surface area contributed by atoms with Crippen LogP contribution in [0.4, 0.5) is 0 Å². The van der Waals surface area contributed by atoms with Gasteiger partial charge in [0.25, 0.3) is 0 Å². The first-order chi connectivity index (χ1) is 16.4. The molecule has 0 aliphatic rings. The first kappa shape index (κ1) is 27.5. The number of ether oxygens (including phenoxy) is 4. The maximum atomic E-state index is 11.3. The number of hydrogen-bond donors (Lipinski definition) is 1. The molecule has 34 heavy (non-hydrogen) atoms. The Balaban J connectivity index is 2.01. The molecule has 0 radical (unpaired) electrons. The average molecular weight is 578 g/mol. The fraction of sp³-hybridized carbons (Fsp3) is 0.370. The normalized spacial score (nSPS) is 11.9. The van der Waals surface area contributed by atoms with Crippen LogP contribution in [-0.4, -0.2) is 43.6 Å². The van der Waals surface area contributed by atoms with Crippen LogP contribution in [-0.2, 0) is 16.0 Å². The number of halogens is 1. The van der Waals surface area contributed by atoms with Gasteiger partial charge in [-0.2, -0.15) is 0 Å². The summed E-state index contributed by atoms with van der Waals surface area (Å²) in [4.78, 5) is 11.3. The average Bonchev–Trinajstić information content (AvgIpc) is 2.79. The van der Waals surface area contributed by atoms with Gasteiger partial charge in [-0.15, -0.1) is 0 Å². The SMILES string of the molecule is CCOc1cc(C#C/C(C)=C\COc2ccc(CC(OCC)C(=O)O)cc2I)cc(OCC)c1. The first-order valence-electron chi connectivity index (χ1n) is 11.2. The largest absolute Gasteiger partial charge is 0.494 e. The summed E-state index contributed by atoms with van der Waals surface area (Å²) >= 11 is 2.19. The van der Waals surface area contributed by atoms with E-state index >= 15 is 0 Å². The highest BCUT2D eigenvalue weighted by Crippen LogP contribution is 2.24. The highest BCUT2D eigenvalue weighted by atomic mass is 127. The second-order valence-corrected chi connectivity index (χ2v) is 8.42. The topological polar surface area (TPSA) is 74.2 Å². The molecular formula is C27H31IO6. The third kappa shape index (κ3) is 9.27. The second-order valence-electron chi connectivity index (χ2n) is 7.26. The number of carbonyl (C=O) groups is 1. The molecule has 7 heteroatoms. The van der Waals surface area contributed by atoms with Crippen LogP contribution in [0.25, 0.3) is 0 Å². The second kappa shape index (κ2) is 14.5. The fourth-order valence-corrected chi connectivity index (χ4v) is 3.78. The summed E-state index contributed by atoms with van der Waals surface area (Å²) in [6.07, 6.45) is 1.38. The number of aliphatic carboxylic acids is 1. The molecule has 0 fully saturated rings. The molecular weight excluding hydrogens is 547 g/mol. The standard InChI is InChI=1S/C27H31IO6/c1-5-31-22-14-20(15-23(18-22)32-6-2)9-8-19(4)12-13-34-25-11-10-21(16-24(25)28)17-26(27(29)30)33-7-3/h10-12,14-16,18,26H,5-7,13,17H2,1-4H3,(H,29,30)/b19-12-. The minimum absolute atomic E-state index is 0.309. The summed E-state index contributed by atoms with van der Waals surface area (Å²) in [5.41, 5.74) is 2.59. The Morgan fingerprint density at radius 2 is 1.71 bits per heavy atom. The van der Waals surface area contributed by atoms with E-state index in [0.29, 0.717) is 32.8 Å². The van der Waals surface area contributed by atoms with Gasteiger partial charge in [0.1, 0.15) is 23.9 Å². The summed E-state index contributed by atoms with van der Waals surface area (Å²) in [6, 6.07) is 11.3. The van der Waals surface area contributed by atoms with Crippen molar-refractivity contribution >= 4 is 28.6 Å². The van der Waals surface area contributed by atoms with Gasteiger partial charge >= 0.3 is 5.97 Å². The molecule has 0 spiro atoms. The Kier molecular flexibility index (Phi) is 11.8. The van der Waals surface area contributed by atoms with E-state index in [9.17, 15) is 9.90 Å². The molecule has 182 valence electrons. The van der Waals surface area contributed by atoms with Crippen molar-refractivity contribution in [3.05, 3.63) is 62.7 Å².